The Morgan fingerprint density at radius 2 is 2.00 bits per heavy atom. The first-order valence-electron chi connectivity index (χ1n) is 8.92. The minimum atomic E-state index is -0.551. The van der Waals surface area contributed by atoms with Gasteiger partial charge in [0.05, 0.1) is 23.8 Å². The molecule has 0 saturated carbocycles. The molecule has 3 heterocycles. The van der Waals surface area contributed by atoms with Gasteiger partial charge in [-0.2, -0.15) is 14.6 Å². The summed E-state index contributed by atoms with van der Waals surface area (Å²) in [6.07, 6.45) is 4.46. The van der Waals surface area contributed by atoms with Crippen LogP contribution in [0, 0.1) is 17.3 Å². The van der Waals surface area contributed by atoms with Crippen LogP contribution in [0.2, 0.25) is 0 Å². The van der Waals surface area contributed by atoms with Gasteiger partial charge in [-0.05, 0) is 29.8 Å². The molecular weight excluding hydrogens is 371 g/mol. The van der Waals surface area contributed by atoms with Gasteiger partial charge in [-0.25, -0.2) is 15.0 Å². The molecule has 7 nitrogen and oxygen atoms in total. The fourth-order valence-electron chi connectivity index (χ4n) is 2.93. The molecule has 0 unspecified atom stereocenters. The lowest BCUT2D eigenvalue weighted by Gasteiger charge is -2.25. The molecule has 0 N–H and O–H groups in total. The molecule has 0 fully saturated rings. The number of pyridine rings is 1. The van der Waals surface area contributed by atoms with Crippen molar-refractivity contribution in [2.75, 3.05) is 6.61 Å². The zero-order valence-corrected chi connectivity index (χ0v) is 15.9. The molecule has 0 aliphatic heterocycles. The molecule has 0 radical (unpaired) electrons. The van der Waals surface area contributed by atoms with E-state index in [1.54, 1.807) is 17.0 Å². The molecule has 0 atom stereocenters. The lowest BCUT2D eigenvalue weighted by Crippen LogP contribution is -2.27. The second-order valence-electron chi connectivity index (χ2n) is 7.14. The molecule has 4 aromatic rings. The van der Waals surface area contributed by atoms with Crippen molar-refractivity contribution in [2.24, 2.45) is 0 Å². The summed E-state index contributed by atoms with van der Waals surface area (Å²) in [7, 11) is 0. The van der Waals surface area contributed by atoms with E-state index < -0.39 is 11.4 Å². The van der Waals surface area contributed by atoms with Crippen LogP contribution < -0.4 is 4.74 Å². The normalized spacial score (nSPS) is 11.4. The number of benzene rings is 1. The minimum absolute atomic E-state index is 0.165. The van der Waals surface area contributed by atoms with Gasteiger partial charge in [-0.3, -0.25) is 4.57 Å². The Bertz CT molecular complexity index is 1230. The van der Waals surface area contributed by atoms with E-state index in [4.69, 9.17) is 4.74 Å². The van der Waals surface area contributed by atoms with Gasteiger partial charge >= 0.3 is 0 Å². The van der Waals surface area contributed by atoms with Gasteiger partial charge in [0.2, 0.25) is 17.8 Å². The van der Waals surface area contributed by atoms with Gasteiger partial charge in [0.1, 0.15) is 18.0 Å². The zero-order chi connectivity index (χ0) is 20.4. The Kier molecular flexibility index (Phi) is 4.64. The first-order valence-corrected chi connectivity index (χ1v) is 8.92. The van der Waals surface area contributed by atoms with Crippen LogP contribution in [-0.2, 0) is 5.41 Å². The van der Waals surface area contributed by atoms with Crippen LogP contribution in [0.3, 0.4) is 0 Å². The van der Waals surface area contributed by atoms with Crippen LogP contribution in [0.5, 0.6) is 5.88 Å². The number of hydrogen-bond donors (Lipinski definition) is 0. The monoisotopic (exact) mass is 388 g/mol. The highest BCUT2D eigenvalue weighted by molar-refractivity contribution is 5.76. The van der Waals surface area contributed by atoms with E-state index in [0.29, 0.717) is 5.95 Å². The van der Waals surface area contributed by atoms with Crippen LogP contribution in [0.15, 0.2) is 55.1 Å². The molecule has 0 saturated heterocycles. The van der Waals surface area contributed by atoms with Crippen molar-refractivity contribution in [1.29, 1.82) is 5.26 Å². The van der Waals surface area contributed by atoms with Crippen molar-refractivity contribution in [3.05, 3.63) is 72.2 Å². The molecule has 1 aromatic carbocycles. The van der Waals surface area contributed by atoms with Gasteiger partial charge in [0, 0.05) is 11.6 Å². The number of rotatable bonds is 5. The number of aromatic nitrogens is 5. The highest BCUT2D eigenvalue weighted by Crippen LogP contribution is 2.26. The number of para-hydroxylation sites is 2. The van der Waals surface area contributed by atoms with Gasteiger partial charge in [0.15, 0.2) is 0 Å². The maximum atomic E-state index is 13.5. The largest absolute Gasteiger partial charge is 0.476 e. The molecule has 0 bridgehead atoms. The summed E-state index contributed by atoms with van der Waals surface area (Å²) in [5.74, 6) is -0.0389. The van der Waals surface area contributed by atoms with Crippen molar-refractivity contribution in [2.45, 2.75) is 19.3 Å². The Balaban J connectivity index is 1.65. The van der Waals surface area contributed by atoms with Gasteiger partial charge in [0.25, 0.3) is 0 Å². The molecular formula is C21H17FN6O. The molecule has 0 spiro atoms. The Morgan fingerprint density at radius 1 is 1.17 bits per heavy atom. The van der Waals surface area contributed by atoms with Crippen LogP contribution in [0.1, 0.15) is 25.0 Å². The Hall–Kier alpha value is -3.86. The number of fused-ring (bicyclic) bond motifs is 1. The van der Waals surface area contributed by atoms with Crippen molar-refractivity contribution >= 4 is 11.0 Å². The number of ether oxygens (including phenoxy) is 1. The van der Waals surface area contributed by atoms with Crippen LogP contribution in [0.25, 0.3) is 17.0 Å². The molecule has 0 aliphatic carbocycles. The minimum Gasteiger partial charge on any atom is -0.476 e. The van der Waals surface area contributed by atoms with Gasteiger partial charge in [-0.15, -0.1) is 0 Å². The second-order valence-corrected chi connectivity index (χ2v) is 7.14. The van der Waals surface area contributed by atoms with E-state index in [1.165, 1.54) is 18.5 Å². The highest BCUT2D eigenvalue weighted by atomic mass is 19.1. The lowest BCUT2D eigenvalue weighted by molar-refractivity contribution is 0.231. The number of nitrogens with zero attached hydrogens (tertiary/aromatic N) is 6. The number of imidazole rings is 1. The summed E-state index contributed by atoms with van der Waals surface area (Å²) >= 11 is 0. The predicted molar refractivity (Wildman–Crippen MR) is 104 cm³/mol. The van der Waals surface area contributed by atoms with E-state index in [-0.39, 0.29) is 18.1 Å². The molecule has 144 valence electrons. The van der Waals surface area contributed by atoms with Crippen LogP contribution >= 0.6 is 0 Å². The van der Waals surface area contributed by atoms with E-state index in [9.17, 15) is 9.65 Å². The fraction of sp³-hybridized carbons (Fsp3) is 0.190. The van der Waals surface area contributed by atoms with Crippen LogP contribution in [0.4, 0.5) is 4.39 Å². The van der Waals surface area contributed by atoms with Crippen LogP contribution in [-0.4, -0.2) is 31.1 Å². The van der Waals surface area contributed by atoms with E-state index in [0.717, 1.165) is 16.6 Å². The van der Waals surface area contributed by atoms with E-state index in [2.05, 4.69) is 19.9 Å². The summed E-state index contributed by atoms with van der Waals surface area (Å²) in [4.78, 5) is 16.6. The highest BCUT2D eigenvalue weighted by Gasteiger charge is 2.24. The Morgan fingerprint density at radius 3 is 2.79 bits per heavy atom. The molecule has 8 heteroatoms. The predicted octanol–water partition coefficient (Wildman–Crippen LogP) is 3.58. The Labute approximate surface area is 166 Å². The maximum Gasteiger partial charge on any atom is 0.238 e. The SMILES string of the molecule is CC(C)(COc1nc(-n2cnc3ccccc32)ncc1C#N)c1ccnc(F)c1. The summed E-state index contributed by atoms with van der Waals surface area (Å²) in [6.45, 7) is 4.02. The lowest BCUT2D eigenvalue weighted by atomic mass is 9.86. The average Bonchev–Trinajstić information content (AvgIpc) is 3.16. The van der Waals surface area contributed by atoms with E-state index >= 15 is 0 Å². The van der Waals surface area contributed by atoms with Crippen molar-refractivity contribution in [3.63, 3.8) is 0 Å². The third-order valence-electron chi connectivity index (χ3n) is 4.61. The topological polar surface area (TPSA) is 89.5 Å². The average molecular weight is 388 g/mol. The standard InChI is InChI=1S/C21H17FN6O/c1-21(2,15-7-8-24-18(22)9-15)12-29-19-14(10-23)11-25-20(27-19)28-13-26-16-5-3-4-6-17(16)28/h3-9,11,13H,12H2,1-2H3. The number of halogens is 1. The van der Waals surface area contributed by atoms with Gasteiger partial charge < -0.3 is 4.74 Å². The first kappa shape index (κ1) is 18.5. The number of nitriles is 1. The summed E-state index contributed by atoms with van der Waals surface area (Å²) in [5.41, 5.74) is 2.08. The first-order chi connectivity index (χ1) is 14.0. The van der Waals surface area contributed by atoms with Gasteiger partial charge in [-0.1, -0.05) is 26.0 Å². The van der Waals surface area contributed by atoms with E-state index in [1.807, 2.05) is 44.2 Å². The maximum absolute atomic E-state index is 13.5. The molecule has 3 aromatic heterocycles. The molecule has 0 aliphatic rings. The summed E-state index contributed by atoms with van der Waals surface area (Å²) in [5, 5.41) is 9.41. The summed E-state index contributed by atoms with van der Waals surface area (Å²) in [6, 6.07) is 12.8. The molecule has 0 amide bonds. The van der Waals surface area contributed by atoms with Crippen molar-refractivity contribution in [3.8, 4) is 17.9 Å². The fourth-order valence-corrected chi connectivity index (χ4v) is 2.93. The zero-order valence-electron chi connectivity index (χ0n) is 15.9. The van der Waals surface area contributed by atoms with Crippen molar-refractivity contribution < 1.29 is 9.13 Å². The summed E-state index contributed by atoms with van der Waals surface area (Å²) < 4.78 is 21.1. The third kappa shape index (κ3) is 3.62. The third-order valence-corrected chi connectivity index (χ3v) is 4.61. The quantitative estimate of drug-likeness (QED) is 0.486. The smallest absolute Gasteiger partial charge is 0.238 e. The van der Waals surface area contributed by atoms with Crippen molar-refractivity contribution in [1.82, 2.24) is 24.5 Å². The second kappa shape index (κ2) is 7.28. The molecule has 4 rings (SSSR count). The molecule has 29 heavy (non-hydrogen) atoms. The number of hydrogen-bond acceptors (Lipinski definition) is 6.